The Labute approximate surface area is 73.2 Å². The van der Waals surface area contributed by atoms with Gasteiger partial charge < -0.3 is 5.11 Å². The molecule has 3 aliphatic carbocycles. The van der Waals surface area contributed by atoms with E-state index >= 15 is 0 Å². The van der Waals surface area contributed by atoms with Crippen LogP contribution in [0.2, 0.25) is 0 Å². The Balaban J connectivity index is 2.12. The summed E-state index contributed by atoms with van der Waals surface area (Å²) in [6.45, 7) is 0. The van der Waals surface area contributed by atoms with Crippen molar-refractivity contribution in [3.05, 3.63) is 0 Å². The van der Waals surface area contributed by atoms with Gasteiger partial charge in [-0.25, -0.2) is 0 Å². The number of fused-ring (bicyclic) bond motifs is 3. The van der Waals surface area contributed by atoms with Gasteiger partial charge in [-0.2, -0.15) is 5.26 Å². The maximum atomic E-state index is 10.1. The summed E-state index contributed by atoms with van der Waals surface area (Å²) in [6, 6.07) is 2.11. The molecule has 0 radical (unpaired) electrons. The summed E-state index contributed by atoms with van der Waals surface area (Å²) in [5, 5.41) is 18.7. The molecule has 1 N–H and O–H groups in total. The molecule has 0 spiro atoms. The highest BCUT2D eigenvalue weighted by Gasteiger charge is 2.45. The molecule has 0 saturated heterocycles. The zero-order chi connectivity index (χ0) is 8.60. The third kappa shape index (κ3) is 1.13. The molecule has 3 fully saturated rings. The second-order valence-corrected chi connectivity index (χ2v) is 4.36. The Morgan fingerprint density at radius 1 is 1.33 bits per heavy atom. The number of rotatable bonds is 1. The molecular formula is C10H15NO. The summed E-state index contributed by atoms with van der Waals surface area (Å²) in [6.07, 6.45) is 6.06. The van der Waals surface area contributed by atoms with Gasteiger partial charge in [0.15, 0.2) is 0 Å². The summed E-state index contributed by atoms with van der Waals surface area (Å²) in [7, 11) is 0. The van der Waals surface area contributed by atoms with Crippen molar-refractivity contribution >= 4 is 0 Å². The van der Waals surface area contributed by atoms with Gasteiger partial charge in [-0.15, -0.1) is 0 Å². The van der Waals surface area contributed by atoms with E-state index in [1.165, 1.54) is 12.8 Å². The van der Waals surface area contributed by atoms with Gasteiger partial charge in [0.2, 0.25) is 0 Å². The smallest absolute Gasteiger partial charge is 0.0807 e. The summed E-state index contributed by atoms with van der Waals surface area (Å²) in [4.78, 5) is 0. The van der Waals surface area contributed by atoms with Crippen molar-refractivity contribution < 1.29 is 5.11 Å². The van der Waals surface area contributed by atoms with E-state index in [4.69, 9.17) is 5.26 Å². The Morgan fingerprint density at radius 2 is 2.00 bits per heavy atom. The molecule has 66 valence electrons. The Morgan fingerprint density at radius 3 is 2.42 bits per heavy atom. The number of hydrogen-bond acceptors (Lipinski definition) is 2. The lowest BCUT2D eigenvalue weighted by atomic mass is 9.61. The second-order valence-electron chi connectivity index (χ2n) is 4.36. The summed E-state index contributed by atoms with van der Waals surface area (Å²) in [5.74, 6) is 1.12. The third-order valence-corrected chi connectivity index (χ3v) is 3.63. The van der Waals surface area contributed by atoms with E-state index in [0.717, 1.165) is 19.3 Å². The minimum Gasteiger partial charge on any atom is -0.389 e. The predicted molar refractivity (Wildman–Crippen MR) is 45.2 cm³/mol. The van der Waals surface area contributed by atoms with Crippen LogP contribution >= 0.6 is 0 Å². The SMILES string of the molecule is N#CC[C@@]1(O)CC2CCC1CC2. The maximum absolute atomic E-state index is 10.1. The largest absolute Gasteiger partial charge is 0.389 e. The fraction of sp³-hybridized carbons (Fsp3) is 0.900. The Kier molecular flexibility index (Phi) is 1.84. The van der Waals surface area contributed by atoms with E-state index in [1.54, 1.807) is 0 Å². The first-order valence-electron chi connectivity index (χ1n) is 4.84. The van der Waals surface area contributed by atoms with E-state index in [-0.39, 0.29) is 0 Å². The fourth-order valence-corrected chi connectivity index (χ4v) is 2.92. The van der Waals surface area contributed by atoms with Crippen molar-refractivity contribution in [1.82, 2.24) is 0 Å². The number of nitrogens with zero attached hydrogens (tertiary/aromatic N) is 1. The predicted octanol–water partition coefficient (Wildman–Crippen LogP) is 1.84. The summed E-state index contributed by atoms with van der Waals surface area (Å²) in [5.41, 5.74) is -0.615. The average molecular weight is 165 g/mol. The normalized spacial score (nSPS) is 45.7. The van der Waals surface area contributed by atoms with Crippen LogP contribution in [0.15, 0.2) is 0 Å². The van der Waals surface area contributed by atoms with E-state index < -0.39 is 5.60 Å². The minimum absolute atomic E-state index is 0.341. The monoisotopic (exact) mass is 165 g/mol. The average Bonchev–Trinajstić information content (AvgIpc) is 2.05. The maximum Gasteiger partial charge on any atom is 0.0807 e. The van der Waals surface area contributed by atoms with Crippen LogP contribution < -0.4 is 0 Å². The number of aliphatic hydroxyl groups is 1. The van der Waals surface area contributed by atoms with Gasteiger partial charge in [-0.1, -0.05) is 0 Å². The highest BCUT2D eigenvalue weighted by Crippen LogP contribution is 2.48. The number of nitriles is 1. The van der Waals surface area contributed by atoms with Gasteiger partial charge in [0.25, 0.3) is 0 Å². The fourth-order valence-electron chi connectivity index (χ4n) is 2.92. The van der Waals surface area contributed by atoms with Gasteiger partial charge in [-0.05, 0) is 43.9 Å². The molecule has 12 heavy (non-hydrogen) atoms. The molecule has 0 unspecified atom stereocenters. The Bertz CT molecular complexity index is 212. The molecule has 0 aromatic carbocycles. The van der Waals surface area contributed by atoms with Crippen molar-refractivity contribution in [2.45, 2.75) is 44.1 Å². The van der Waals surface area contributed by atoms with Crippen LogP contribution in [0.25, 0.3) is 0 Å². The van der Waals surface area contributed by atoms with Gasteiger partial charge in [0.1, 0.15) is 0 Å². The lowest BCUT2D eigenvalue weighted by molar-refractivity contribution is -0.0934. The van der Waals surface area contributed by atoms with Crippen LogP contribution in [0.5, 0.6) is 0 Å². The lowest BCUT2D eigenvalue weighted by Gasteiger charge is -2.47. The van der Waals surface area contributed by atoms with Crippen LogP contribution in [0.1, 0.15) is 38.5 Å². The molecule has 0 aromatic heterocycles. The van der Waals surface area contributed by atoms with Crippen molar-refractivity contribution in [2.75, 3.05) is 0 Å². The van der Waals surface area contributed by atoms with E-state index in [2.05, 4.69) is 6.07 Å². The first-order chi connectivity index (χ1) is 5.74. The van der Waals surface area contributed by atoms with Gasteiger partial charge >= 0.3 is 0 Å². The van der Waals surface area contributed by atoms with E-state index in [9.17, 15) is 5.11 Å². The van der Waals surface area contributed by atoms with E-state index in [1.807, 2.05) is 0 Å². The molecule has 0 aliphatic heterocycles. The molecule has 3 aliphatic rings. The first kappa shape index (κ1) is 8.07. The van der Waals surface area contributed by atoms with Gasteiger partial charge in [-0.3, -0.25) is 0 Å². The first-order valence-corrected chi connectivity index (χ1v) is 4.84. The van der Waals surface area contributed by atoms with Gasteiger partial charge in [0.05, 0.1) is 18.1 Å². The number of hydrogen-bond donors (Lipinski definition) is 1. The van der Waals surface area contributed by atoms with Crippen molar-refractivity contribution in [2.24, 2.45) is 11.8 Å². The molecular weight excluding hydrogens is 150 g/mol. The molecule has 1 atom stereocenters. The molecule has 3 saturated carbocycles. The topological polar surface area (TPSA) is 44.0 Å². The zero-order valence-corrected chi connectivity index (χ0v) is 7.29. The van der Waals surface area contributed by atoms with Crippen LogP contribution in [0.4, 0.5) is 0 Å². The quantitative estimate of drug-likeness (QED) is 0.644. The van der Waals surface area contributed by atoms with Crippen LogP contribution in [0, 0.1) is 23.2 Å². The molecule has 2 nitrogen and oxygen atoms in total. The van der Waals surface area contributed by atoms with E-state index in [0.29, 0.717) is 18.3 Å². The van der Waals surface area contributed by atoms with Crippen molar-refractivity contribution in [3.8, 4) is 6.07 Å². The molecule has 0 aromatic rings. The summed E-state index contributed by atoms with van der Waals surface area (Å²) >= 11 is 0. The standard InChI is InChI=1S/C10H15NO/c11-6-5-10(12)7-8-1-3-9(10)4-2-8/h8-9,12H,1-5,7H2/t8?,9?,10-/m1/s1. The van der Waals surface area contributed by atoms with Crippen LogP contribution in [0.3, 0.4) is 0 Å². The Hall–Kier alpha value is -0.550. The molecule has 0 heterocycles. The lowest BCUT2D eigenvalue weighted by Crippen LogP contribution is -2.47. The molecule has 2 bridgehead atoms. The zero-order valence-electron chi connectivity index (χ0n) is 7.29. The van der Waals surface area contributed by atoms with Crippen LogP contribution in [-0.4, -0.2) is 10.7 Å². The molecule has 0 amide bonds. The second kappa shape index (κ2) is 2.74. The van der Waals surface area contributed by atoms with Crippen molar-refractivity contribution in [1.29, 1.82) is 5.26 Å². The molecule has 3 rings (SSSR count). The van der Waals surface area contributed by atoms with Gasteiger partial charge in [0, 0.05) is 0 Å². The highest BCUT2D eigenvalue weighted by atomic mass is 16.3. The summed E-state index contributed by atoms with van der Waals surface area (Å²) < 4.78 is 0. The minimum atomic E-state index is -0.615. The van der Waals surface area contributed by atoms with Crippen molar-refractivity contribution in [3.63, 3.8) is 0 Å². The van der Waals surface area contributed by atoms with Crippen LogP contribution in [-0.2, 0) is 0 Å². The third-order valence-electron chi connectivity index (χ3n) is 3.63. The molecule has 2 heteroatoms. The highest BCUT2D eigenvalue weighted by molar-refractivity contribution is 5.01.